The SMILES string of the molecule is O=C(/C=C\c1ccc([N+](=O)[O-])cc1)NCCn1ncc2c(=O)n(Cc3cccc([N+](=O)[O-])c3)cnc21. The van der Waals surface area contributed by atoms with Gasteiger partial charge in [-0.1, -0.05) is 12.1 Å². The van der Waals surface area contributed by atoms with Gasteiger partial charge in [0.05, 0.1) is 29.1 Å². The highest BCUT2D eigenvalue weighted by atomic mass is 16.6. The Morgan fingerprint density at radius 1 is 1.06 bits per heavy atom. The van der Waals surface area contributed by atoms with Crippen LogP contribution in [-0.4, -0.2) is 41.6 Å². The molecule has 0 aliphatic carbocycles. The average molecular weight is 489 g/mol. The number of nitro groups is 2. The van der Waals surface area contributed by atoms with E-state index in [-0.39, 0.29) is 47.9 Å². The summed E-state index contributed by atoms with van der Waals surface area (Å²) in [6.07, 6.45) is 5.60. The number of nitrogens with zero attached hydrogens (tertiary/aromatic N) is 6. The van der Waals surface area contributed by atoms with Crippen LogP contribution in [0.2, 0.25) is 0 Å². The molecule has 0 fully saturated rings. The third-order valence-electron chi connectivity index (χ3n) is 5.25. The second kappa shape index (κ2) is 10.4. The van der Waals surface area contributed by atoms with Crippen molar-refractivity contribution < 1.29 is 14.6 Å². The molecule has 36 heavy (non-hydrogen) atoms. The van der Waals surface area contributed by atoms with Crippen molar-refractivity contribution in [1.29, 1.82) is 0 Å². The fourth-order valence-corrected chi connectivity index (χ4v) is 3.46. The standard InChI is InChI=1S/C23H19N7O6/c31-21(9-6-16-4-7-18(8-5-16)29(33)34)24-10-11-28-22-20(13-26-28)23(32)27(15-25-22)14-17-2-1-3-19(12-17)30(35)36/h1-9,12-13,15H,10-11,14H2,(H,24,31)/b9-6-. The van der Waals surface area contributed by atoms with E-state index in [2.05, 4.69) is 15.4 Å². The normalized spacial score (nSPS) is 11.1. The van der Waals surface area contributed by atoms with Gasteiger partial charge in [-0.05, 0) is 29.3 Å². The van der Waals surface area contributed by atoms with Crippen LogP contribution in [0.4, 0.5) is 11.4 Å². The van der Waals surface area contributed by atoms with E-state index in [0.29, 0.717) is 16.8 Å². The highest BCUT2D eigenvalue weighted by Gasteiger charge is 2.12. The summed E-state index contributed by atoms with van der Waals surface area (Å²) in [6, 6.07) is 11.8. The molecule has 2 aromatic heterocycles. The zero-order valence-corrected chi connectivity index (χ0v) is 18.7. The van der Waals surface area contributed by atoms with Crippen LogP contribution in [0.3, 0.4) is 0 Å². The number of nitro benzene ring substituents is 2. The smallest absolute Gasteiger partial charge is 0.269 e. The molecule has 13 heteroatoms. The highest BCUT2D eigenvalue weighted by Crippen LogP contribution is 2.15. The summed E-state index contributed by atoms with van der Waals surface area (Å²) in [5.74, 6) is -0.364. The topological polar surface area (TPSA) is 168 Å². The van der Waals surface area contributed by atoms with Gasteiger partial charge in [0.1, 0.15) is 11.7 Å². The number of hydrogen-bond donors (Lipinski definition) is 1. The van der Waals surface area contributed by atoms with E-state index in [1.54, 1.807) is 12.1 Å². The molecule has 0 bridgehead atoms. The molecule has 0 aliphatic heterocycles. The molecule has 0 radical (unpaired) electrons. The summed E-state index contributed by atoms with van der Waals surface area (Å²) in [7, 11) is 0. The summed E-state index contributed by atoms with van der Waals surface area (Å²) < 4.78 is 2.84. The maximum atomic E-state index is 12.8. The lowest BCUT2D eigenvalue weighted by Crippen LogP contribution is -2.26. The second-order valence-electron chi connectivity index (χ2n) is 7.68. The number of non-ortho nitro benzene ring substituents is 2. The molecule has 0 aliphatic rings. The average Bonchev–Trinajstić information content (AvgIpc) is 3.28. The first-order valence-corrected chi connectivity index (χ1v) is 10.7. The molecule has 0 unspecified atom stereocenters. The van der Waals surface area contributed by atoms with Gasteiger partial charge in [0.2, 0.25) is 5.91 Å². The first-order chi connectivity index (χ1) is 17.3. The van der Waals surface area contributed by atoms with Crippen molar-refractivity contribution >= 4 is 34.4 Å². The van der Waals surface area contributed by atoms with Crippen LogP contribution in [0.1, 0.15) is 11.1 Å². The summed E-state index contributed by atoms with van der Waals surface area (Å²) >= 11 is 0. The third kappa shape index (κ3) is 5.47. The van der Waals surface area contributed by atoms with Gasteiger partial charge in [-0.3, -0.25) is 34.4 Å². The van der Waals surface area contributed by atoms with E-state index in [1.165, 1.54) is 70.3 Å². The van der Waals surface area contributed by atoms with Crippen LogP contribution < -0.4 is 10.9 Å². The van der Waals surface area contributed by atoms with Crippen LogP contribution >= 0.6 is 0 Å². The van der Waals surface area contributed by atoms with Crippen molar-refractivity contribution in [3.63, 3.8) is 0 Å². The molecular formula is C23H19N7O6. The van der Waals surface area contributed by atoms with Crippen LogP contribution in [0.5, 0.6) is 0 Å². The maximum Gasteiger partial charge on any atom is 0.269 e. The molecule has 13 nitrogen and oxygen atoms in total. The Kier molecular flexibility index (Phi) is 6.90. The lowest BCUT2D eigenvalue weighted by molar-refractivity contribution is -0.385. The van der Waals surface area contributed by atoms with Gasteiger partial charge in [0, 0.05) is 36.9 Å². The van der Waals surface area contributed by atoms with Gasteiger partial charge in [-0.15, -0.1) is 0 Å². The first-order valence-electron chi connectivity index (χ1n) is 10.7. The van der Waals surface area contributed by atoms with Gasteiger partial charge in [-0.25, -0.2) is 9.67 Å². The van der Waals surface area contributed by atoms with Crippen LogP contribution in [0.25, 0.3) is 17.1 Å². The number of carbonyl (C=O) groups excluding carboxylic acids is 1. The predicted molar refractivity (Wildman–Crippen MR) is 129 cm³/mol. The molecular weight excluding hydrogens is 470 g/mol. The third-order valence-corrected chi connectivity index (χ3v) is 5.25. The van der Waals surface area contributed by atoms with Crippen LogP contribution in [-0.2, 0) is 17.9 Å². The highest BCUT2D eigenvalue weighted by molar-refractivity contribution is 5.91. The number of fused-ring (bicyclic) bond motifs is 1. The minimum atomic E-state index is -0.499. The Balaban J connectivity index is 1.37. The van der Waals surface area contributed by atoms with Crippen molar-refractivity contribution in [3.8, 4) is 0 Å². The van der Waals surface area contributed by atoms with Crippen LogP contribution in [0.15, 0.2) is 71.9 Å². The predicted octanol–water partition coefficient (Wildman–Crippen LogP) is 2.29. The number of carbonyl (C=O) groups is 1. The number of amides is 1. The molecule has 1 N–H and O–H groups in total. The molecule has 0 spiro atoms. The lowest BCUT2D eigenvalue weighted by Gasteiger charge is -2.07. The number of benzene rings is 2. The molecule has 0 saturated carbocycles. The molecule has 2 aromatic carbocycles. The maximum absolute atomic E-state index is 12.8. The molecule has 0 saturated heterocycles. The van der Waals surface area contributed by atoms with Gasteiger partial charge in [0.25, 0.3) is 16.9 Å². The Morgan fingerprint density at radius 2 is 1.81 bits per heavy atom. The van der Waals surface area contributed by atoms with Crippen molar-refractivity contribution in [1.82, 2.24) is 24.6 Å². The van der Waals surface area contributed by atoms with Gasteiger partial charge in [0.15, 0.2) is 5.65 Å². The molecule has 1 amide bonds. The Labute approximate surface area is 202 Å². The van der Waals surface area contributed by atoms with E-state index in [0.717, 1.165) is 0 Å². The largest absolute Gasteiger partial charge is 0.351 e. The van der Waals surface area contributed by atoms with E-state index >= 15 is 0 Å². The zero-order valence-electron chi connectivity index (χ0n) is 18.7. The molecule has 2 heterocycles. The van der Waals surface area contributed by atoms with Gasteiger partial charge < -0.3 is 5.32 Å². The summed E-state index contributed by atoms with van der Waals surface area (Å²) in [5, 5.41) is 28.8. The van der Waals surface area contributed by atoms with Crippen LogP contribution in [0, 0.1) is 20.2 Å². The van der Waals surface area contributed by atoms with Crippen molar-refractivity contribution in [2.75, 3.05) is 6.54 Å². The lowest BCUT2D eigenvalue weighted by atomic mass is 10.2. The minimum Gasteiger partial charge on any atom is -0.351 e. The molecule has 182 valence electrons. The quantitative estimate of drug-likeness (QED) is 0.212. The van der Waals surface area contributed by atoms with Crippen molar-refractivity contribution in [2.45, 2.75) is 13.1 Å². The number of nitrogens with one attached hydrogen (secondary N) is 1. The Hall–Kier alpha value is -5.20. The van der Waals surface area contributed by atoms with E-state index in [9.17, 15) is 29.8 Å². The minimum absolute atomic E-state index is 0.0348. The number of hydrogen-bond acceptors (Lipinski definition) is 8. The van der Waals surface area contributed by atoms with E-state index in [1.807, 2.05) is 0 Å². The first kappa shape index (κ1) is 23.9. The second-order valence-corrected chi connectivity index (χ2v) is 7.68. The van der Waals surface area contributed by atoms with Gasteiger partial charge in [-0.2, -0.15) is 5.10 Å². The van der Waals surface area contributed by atoms with Crippen molar-refractivity contribution in [3.05, 3.63) is 109 Å². The van der Waals surface area contributed by atoms with E-state index < -0.39 is 9.85 Å². The monoisotopic (exact) mass is 489 g/mol. The Bertz CT molecular complexity index is 1540. The number of rotatable bonds is 9. The molecule has 0 atom stereocenters. The molecule has 4 aromatic rings. The summed E-state index contributed by atoms with van der Waals surface area (Å²) in [6.45, 7) is 0.604. The number of aromatic nitrogens is 4. The molecule has 4 rings (SSSR count). The summed E-state index contributed by atoms with van der Waals surface area (Å²) in [5.41, 5.74) is 1.14. The fourth-order valence-electron chi connectivity index (χ4n) is 3.46. The summed E-state index contributed by atoms with van der Waals surface area (Å²) in [4.78, 5) is 49.9. The van der Waals surface area contributed by atoms with Crippen molar-refractivity contribution in [2.24, 2.45) is 0 Å². The zero-order chi connectivity index (χ0) is 25.7. The fraction of sp³-hybridized carbons (Fsp3) is 0.130. The van der Waals surface area contributed by atoms with Gasteiger partial charge >= 0.3 is 0 Å². The Morgan fingerprint density at radius 3 is 2.53 bits per heavy atom. The van der Waals surface area contributed by atoms with E-state index in [4.69, 9.17) is 0 Å².